The van der Waals surface area contributed by atoms with Crippen molar-refractivity contribution < 1.29 is 44.8 Å². The van der Waals surface area contributed by atoms with Crippen LogP contribution in [-0.2, 0) is 35.2 Å². The van der Waals surface area contributed by atoms with Crippen molar-refractivity contribution in [2.75, 3.05) is 6.61 Å². The Balaban J connectivity index is 1.76. The van der Waals surface area contributed by atoms with Crippen molar-refractivity contribution in [3.63, 3.8) is 0 Å². The maximum Gasteiger partial charge on any atom is 0.534 e. The number of carbonyl (C=O) groups excluding carboxylic acids is 2. The van der Waals surface area contributed by atoms with Crippen LogP contribution in [0.1, 0.15) is 35.2 Å². The van der Waals surface area contributed by atoms with Gasteiger partial charge in [-0.2, -0.15) is 21.6 Å². The van der Waals surface area contributed by atoms with Crippen LogP contribution in [0.4, 0.5) is 13.2 Å². The Labute approximate surface area is 194 Å². The SMILES string of the molecule is O=C(OCC1(C(=O)OCc2ccccc2)CC=C(OS(=O)(=O)C(F)(F)F)CC1)c1ccccc1. The molecule has 0 fully saturated rings. The lowest BCUT2D eigenvalue weighted by Gasteiger charge is -2.33. The molecule has 0 radical (unpaired) electrons. The van der Waals surface area contributed by atoms with E-state index in [4.69, 9.17) is 9.47 Å². The van der Waals surface area contributed by atoms with Gasteiger partial charge in [-0.25, -0.2) is 4.79 Å². The molecule has 11 heteroatoms. The van der Waals surface area contributed by atoms with Crippen LogP contribution in [0.2, 0.25) is 0 Å². The van der Waals surface area contributed by atoms with Crippen LogP contribution in [0.5, 0.6) is 0 Å². The lowest BCUT2D eigenvalue weighted by molar-refractivity contribution is -0.161. The Morgan fingerprint density at radius 1 is 0.941 bits per heavy atom. The molecule has 182 valence electrons. The quantitative estimate of drug-likeness (QED) is 0.300. The zero-order valence-electron chi connectivity index (χ0n) is 17.8. The Morgan fingerprint density at radius 2 is 1.56 bits per heavy atom. The first-order valence-electron chi connectivity index (χ1n) is 10.2. The molecular weight excluding hydrogens is 477 g/mol. The molecule has 0 saturated carbocycles. The minimum absolute atomic E-state index is 0.0659. The Kier molecular flexibility index (Phi) is 7.65. The lowest BCUT2D eigenvalue weighted by Crippen LogP contribution is -2.40. The van der Waals surface area contributed by atoms with E-state index in [0.29, 0.717) is 5.56 Å². The van der Waals surface area contributed by atoms with Crippen LogP contribution in [0.25, 0.3) is 0 Å². The number of alkyl halides is 3. The molecule has 0 amide bonds. The standard InChI is InChI=1S/C23H21F3O7S/c24-23(25,26)34(29,30)33-19-11-13-22(14-12-19,16-32-20(27)18-9-5-2-6-10-18)21(28)31-15-17-7-3-1-4-8-17/h1-11H,12-16H2. The van der Waals surface area contributed by atoms with Crippen LogP contribution in [-0.4, -0.2) is 32.5 Å². The Bertz CT molecular complexity index is 1150. The smallest absolute Gasteiger partial charge is 0.461 e. The highest BCUT2D eigenvalue weighted by Crippen LogP contribution is 2.39. The van der Waals surface area contributed by atoms with Crippen molar-refractivity contribution in [1.29, 1.82) is 0 Å². The van der Waals surface area contributed by atoms with E-state index in [0.717, 1.165) is 6.08 Å². The van der Waals surface area contributed by atoms with Crippen LogP contribution < -0.4 is 0 Å². The van der Waals surface area contributed by atoms with E-state index in [1.807, 2.05) is 0 Å². The molecule has 7 nitrogen and oxygen atoms in total. The number of carbonyl (C=O) groups is 2. The van der Waals surface area contributed by atoms with Gasteiger partial charge in [-0.3, -0.25) is 4.79 Å². The average molecular weight is 498 g/mol. The molecule has 0 aliphatic heterocycles. The predicted octanol–water partition coefficient (Wildman–Crippen LogP) is 4.51. The third-order valence-electron chi connectivity index (χ3n) is 5.21. The molecule has 1 aliphatic carbocycles. The molecule has 0 saturated heterocycles. The van der Waals surface area contributed by atoms with Gasteiger partial charge in [0.05, 0.1) is 5.56 Å². The monoisotopic (exact) mass is 498 g/mol. The van der Waals surface area contributed by atoms with Crippen LogP contribution >= 0.6 is 0 Å². The van der Waals surface area contributed by atoms with Gasteiger partial charge in [0.2, 0.25) is 0 Å². The van der Waals surface area contributed by atoms with Crippen LogP contribution in [0.15, 0.2) is 72.5 Å². The van der Waals surface area contributed by atoms with E-state index in [9.17, 15) is 31.2 Å². The number of hydrogen-bond donors (Lipinski definition) is 0. The first-order valence-corrected chi connectivity index (χ1v) is 11.6. The summed E-state index contributed by atoms with van der Waals surface area (Å²) in [5.41, 5.74) is -6.04. The van der Waals surface area contributed by atoms with Gasteiger partial charge in [-0.05, 0) is 36.6 Å². The summed E-state index contributed by atoms with van der Waals surface area (Å²) in [5.74, 6) is -1.87. The van der Waals surface area contributed by atoms with Crippen molar-refractivity contribution >= 4 is 22.1 Å². The maximum atomic E-state index is 13.0. The molecule has 1 aliphatic rings. The fourth-order valence-electron chi connectivity index (χ4n) is 3.25. The molecule has 0 bridgehead atoms. The second kappa shape index (κ2) is 10.3. The van der Waals surface area contributed by atoms with E-state index in [2.05, 4.69) is 4.18 Å². The largest absolute Gasteiger partial charge is 0.534 e. The van der Waals surface area contributed by atoms with Gasteiger partial charge in [0, 0.05) is 6.42 Å². The van der Waals surface area contributed by atoms with Gasteiger partial charge < -0.3 is 13.7 Å². The molecule has 1 unspecified atom stereocenters. The highest BCUT2D eigenvalue weighted by Gasteiger charge is 2.50. The van der Waals surface area contributed by atoms with E-state index >= 15 is 0 Å². The molecular formula is C23H21F3O7S. The fourth-order valence-corrected chi connectivity index (χ4v) is 3.78. The van der Waals surface area contributed by atoms with Gasteiger partial charge in [0.25, 0.3) is 0 Å². The summed E-state index contributed by atoms with van der Waals surface area (Å²) in [7, 11) is -5.83. The van der Waals surface area contributed by atoms with E-state index in [-0.39, 0.29) is 31.4 Å². The van der Waals surface area contributed by atoms with Crippen molar-refractivity contribution in [1.82, 2.24) is 0 Å². The molecule has 2 aromatic carbocycles. The molecule has 1 atom stereocenters. The van der Waals surface area contributed by atoms with E-state index < -0.39 is 45.3 Å². The van der Waals surface area contributed by atoms with Gasteiger partial charge in [0.15, 0.2) is 0 Å². The van der Waals surface area contributed by atoms with Gasteiger partial charge in [-0.15, -0.1) is 0 Å². The number of hydrogen-bond acceptors (Lipinski definition) is 7. The number of benzene rings is 2. The third-order valence-corrected chi connectivity index (χ3v) is 6.21. The first-order chi connectivity index (χ1) is 16.0. The molecule has 0 aromatic heterocycles. The van der Waals surface area contributed by atoms with E-state index in [1.165, 1.54) is 12.1 Å². The molecule has 0 heterocycles. The van der Waals surface area contributed by atoms with Gasteiger partial charge in [-0.1, -0.05) is 48.5 Å². The zero-order valence-corrected chi connectivity index (χ0v) is 18.6. The Morgan fingerprint density at radius 3 is 2.12 bits per heavy atom. The highest BCUT2D eigenvalue weighted by atomic mass is 32.2. The van der Waals surface area contributed by atoms with E-state index in [1.54, 1.807) is 48.5 Å². The van der Waals surface area contributed by atoms with Gasteiger partial charge >= 0.3 is 27.6 Å². The summed E-state index contributed by atoms with van der Waals surface area (Å²) in [6.07, 6.45) is 0.374. The molecule has 34 heavy (non-hydrogen) atoms. The number of ether oxygens (including phenoxy) is 2. The van der Waals surface area contributed by atoms with Crippen LogP contribution in [0.3, 0.4) is 0 Å². The van der Waals surface area contributed by atoms with Crippen molar-refractivity contribution in [2.24, 2.45) is 5.41 Å². The van der Waals surface area contributed by atoms with Crippen LogP contribution in [0, 0.1) is 5.41 Å². The lowest BCUT2D eigenvalue weighted by atomic mass is 9.77. The molecule has 0 N–H and O–H groups in total. The topological polar surface area (TPSA) is 96.0 Å². The van der Waals surface area contributed by atoms with Gasteiger partial charge in [0.1, 0.15) is 24.4 Å². The molecule has 0 spiro atoms. The van der Waals surface area contributed by atoms with Crippen molar-refractivity contribution in [3.8, 4) is 0 Å². The molecule has 2 aromatic rings. The minimum atomic E-state index is -5.83. The second-order valence-electron chi connectivity index (χ2n) is 7.64. The molecule has 3 rings (SSSR count). The van der Waals surface area contributed by atoms with Crippen molar-refractivity contribution in [3.05, 3.63) is 83.6 Å². The summed E-state index contributed by atoms with van der Waals surface area (Å²) in [5, 5.41) is 0. The average Bonchev–Trinajstić information content (AvgIpc) is 2.82. The normalized spacial score (nSPS) is 18.5. The number of rotatable bonds is 8. The third kappa shape index (κ3) is 6.16. The maximum absolute atomic E-state index is 13.0. The summed E-state index contributed by atoms with van der Waals surface area (Å²) < 4.78 is 75.4. The zero-order chi connectivity index (χ0) is 24.8. The minimum Gasteiger partial charge on any atom is -0.461 e. The fraction of sp³-hybridized carbons (Fsp3) is 0.304. The number of allylic oxidation sites excluding steroid dienone is 2. The summed E-state index contributed by atoms with van der Waals surface area (Å²) >= 11 is 0. The summed E-state index contributed by atoms with van der Waals surface area (Å²) in [4.78, 5) is 25.4. The highest BCUT2D eigenvalue weighted by molar-refractivity contribution is 7.87. The number of halogens is 3. The first kappa shape index (κ1) is 25.3. The summed E-state index contributed by atoms with van der Waals surface area (Å²) in [6, 6.07) is 16.8. The summed E-state index contributed by atoms with van der Waals surface area (Å²) in [6.45, 7) is -0.478. The number of esters is 2. The Hall–Kier alpha value is -3.34. The second-order valence-corrected chi connectivity index (χ2v) is 9.18. The van der Waals surface area contributed by atoms with Crippen molar-refractivity contribution in [2.45, 2.75) is 31.4 Å². The predicted molar refractivity (Wildman–Crippen MR) is 113 cm³/mol.